The minimum absolute atomic E-state index is 0.290. The van der Waals surface area contributed by atoms with Gasteiger partial charge in [-0.2, -0.15) is 0 Å². The second kappa shape index (κ2) is 6.10. The molecule has 0 amide bonds. The highest BCUT2D eigenvalue weighted by molar-refractivity contribution is 5.72. The summed E-state index contributed by atoms with van der Waals surface area (Å²) in [6.07, 6.45) is 0. The summed E-state index contributed by atoms with van der Waals surface area (Å²) in [6.45, 7) is 6.51. The van der Waals surface area contributed by atoms with Crippen molar-refractivity contribution in [1.82, 2.24) is 4.57 Å². The fraction of sp³-hybridized carbons (Fsp3) is 0.278. The van der Waals surface area contributed by atoms with Crippen molar-refractivity contribution in [2.75, 3.05) is 18.0 Å². The number of aryl methyl sites for hydroxylation is 1. The summed E-state index contributed by atoms with van der Waals surface area (Å²) in [5.74, 6) is -0.290. The van der Waals surface area contributed by atoms with Crippen LogP contribution in [0.2, 0.25) is 0 Å². The zero-order valence-electron chi connectivity index (χ0n) is 13.0. The Bertz CT molecular complexity index is 832. The molecule has 0 aliphatic rings. The van der Waals surface area contributed by atoms with Gasteiger partial charge >= 0.3 is 5.76 Å². The van der Waals surface area contributed by atoms with Crippen LogP contribution < -0.4 is 10.7 Å². The second-order valence-electron chi connectivity index (χ2n) is 5.35. The van der Waals surface area contributed by atoms with E-state index in [0.29, 0.717) is 12.1 Å². The van der Waals surface area contributed by atoms with Crippen molar-refractivity contribution in [3.8, 4) is 0 Å². The van der Waals surface area contributed by atoms with Gasteiger partial charge in [-0.1, -0.05) is 30.3 Å². The van der Waals surface area contributed by atoms with Gasteiger partial charge < -0.3 is 9.32 Å². The molecule has 114 valence electrons. The Balaban J connectivity index is 1.85. The number of para-hydroxylation sites is 3. The summed E-state index contributed by atoms with van der Waals surface area (Å²) in [7, 11) is 0. The number of rotatable bonds is 5. The van der Waals surface area contributed by atoms with Crippen LogP contribution in [0.4, 0.5) is 5.69 Å². The van der Waals surface area contributed by atoms with Gasteiger partial charge in [-0.3, -0.25) is 4.57 Å². The number of oxazole rings is 1. The van der Waals surface area contributed by atoms with Crippen molar-refractivity contribution in [2.45, 2.75) is 20.4 Å². The van der Waals surface area contributed by atoms with Crippen LogP contribution in [0.25, 0.3) is 11.1 Å². The number of likely N-dealkylation sites (N-methyl/N-ethyl adjacent to an activating group) is 1. The van der Waals surface area contributed by atoms with Crippen LogP contribution in [-0.2, 0) is 6.54 Å². The van der Waals surface area contributed by atoms with Gasteiger partial charge in [0.25, 0.3) is 0 Å². The van der Waals surface area contributed by atoms with Gasteiger partial charge in [0, 0.05) is 25.3 Å². The van der Waals surface area contributed by atoms with E-state index in [-0.39, 0.29) is 5.76 Å². The van der Waals surface area contributed by atoms with Crippen LogP contribution in [0.15, 0.2) is 57.7 Å². The van der Waals surface area contributed by atoms with Crippen LogP contribution in [0.5, 0.6) is 0 Å². The first-order chi connectivity index (χ1) is 10.7. The van der Waals surface area contributed by atoms with E-state index < -0.39 is 0 Å². The van der Waals surface area contributed by atoms with E-state index in [9.17, 15) is 4.79 Å². The van der Waals surface area contributed by atoms with Crippen molar-refractivity contribution in [2.24, 2.45) is 0 Å². The van der Waals surface area contributed by atoms with E-state index in [0.717, 1.165) is 18.6 Å². The first-order valence-corrected chi connectivity index (χ1v) is 7.59. The van der Waals surface area contributed by atoms with Gasteiger partial charge in [0.05, 0.1) is 5.52 Å². The van der Waals surface area contributed by atoms with Crippen LogP contribution in [0.3, 0.4) is 0 Å². The molecule has 22 heavy (non-hydrogen) atoms. The molecule has 4 nitrogen and oxygen atoms in total. The highest BCUT2D eigenvalue weighted by Crippen LogP contribution is 2.19. The Hall–Kier alpha value is -2.49. The van der Waals surface area contributed by atoms with E-state index in [2.05, 4.69) is 30.9 Å². The molecule has 0 unspecified atom stereocenters. The zero-order valence-corrected chi connectivity index (χ0v) is 13.0. The number of hydrogen-bond acceptors (Lipinski definition) is 3. The Morgan fingerprint density at radius 3 is 2.59 bits per heavy atom. The van der Waals surface area contributed by atoms with Crippen LogP contribution in [0.1, 0.15) is 12.5 Å². The lowest BCUT2D eigenvalue weighted by Crippen LogP contribution is -2.30. The fourth-order valence-corrected chi connectivity index (χ4v) is 2.81. The average Bonchev–Trinajstić information content (AvgIpc) is 2.85. The number of fused-ring (bicyclic) bond motifs is 1. The van der Waals surface area contributed by atoms with Gasteiger partial charge in [0.15, 0.2) is 5.58 Å². The Morgan fingerprint density at radius 2 is 1.82 bits per heavy atom. The number of anilines is 1. The first kappa shape index (κ1) is 14.4. The summed E-state index contributed by atoms with van der Waals surface area (Å²) in [4.78, 5) is 14.3. The van der Waals surface area contributed by atoms with Crippen LogP contribution >= 0.6 is 0 Å². The normalized spacial score (nSPS) is 11.0. The predicted molar refractivity (Wildman–Crippen MR) is 89.5 cm³/mol. The maximum absolute atomic E-state index is 12.0. The third kappa shape index (κ3) is 2.64. The van der Waals surface area contributed by atoms with Crippen molar-refractivity contribution in [1.29, 1.82) is 0 Å². The summed E-state index contributed by atoms with van der Waals surface area (Å²) >= 11 is 0. The first-order valence-electron chi connectivity index (χ1n) is 7.59. The monoisotopic (exact) mass is 296 g/mol. The fourth-order valence-electron chi connectivity index (χ4n) is 2.81. The molecule has 0 atom stereocenters. The SMILES string of the molecule is CCN(CCn1c(=O)oc2ccccc21)c1ccccc1C. The highest BCUT2D eigenvalue weighted by Gasteiger charge is 2.11. The largest absolute Gasteiger partial charge is 0.420 e. The van der Waals surface area contributed by atoms with Gasteiger partial charge in [-0.05, 0) is 37.6 Å². The molecule has 0 bridgehead atoms. The predicted octanol–water partition coefficient (Wildman–Crippen LogP) is 3.43. The molecular formula is C18H20N2O2. The van der Waals surface area contributed by atoms with E-state index in [1.165, 1.54) is 11.3 Å². The lowest BCUT2D eigenvalue weighted by atomic mass is 10.2. The molecule has 0 aliphatic carbocycles. The van der Waals surface area contributed by atoms with Crippen LogP contribution in [-0.4, -0.2) is 17.7 Å². The molecule has 1 heterocycles. The molecule has 0 fully saturated rings. The number of hydrogen-bond donors (Lipinski definition) is 0. The Morgan fingerprint density at radius 1 is 1.09 bits per heavy atom. The molecule has 0 saturated carbocycles. The van der Waals surface area contributed by atoms with Crippen molar-refractivity contribution < 1.29 is 4.42 Å². The quantitative estimate of drug-likeness (QED) is 0.724. The minimum Gasteiger partial charge on any atom is -0.408 e. The molecule has 0 spiro atoms. The Labute approximate surface area is 129 Å². The molecule has 0 N–H and O–H groups in total. The van der Waals surface area contributed by atoms with E-state index in [1.54, 1.807) is 4.57 Å². The maximum atomic E-state index is 12.0. The number of benzene rings is 2. The molecule has 0 saturated heterocycles. The van der Waals surface area contributed by atoms with Gasteiger partial charge in [0.2, 0.25) is 0 Å². The van der Waals surface area contributed by atoms with E-state index in [4.69, 9.17) is 4.42 Å². The van der Waals surface area contributed by atoms with Gasteiger partial charge in [0.1, 0.15) is 0 Å². The smallest absolute Gasteiger partial charge is 0.408 e. The summed E-state index contributed by atoms with van der Waals surface area (Å²) < 4.78 is 6.99. The summed E-state index contributed by atoms with van der Waals surface area (Å²) in [6, 6.07) is 15.9. The minimum atomic E-state index is -0.290. The lowest BCUT2D eigenvalue weighted by molar-refractivity contribution is 0.504. The molecule has 3 rings (SSSR count). The van der Waals surface area contributed by atoms with Gasteiger partial charge in [-0.15, -0.1) is 0 Å². The molecule has 2 aromatic carbocycles. The van der Waals surface area contributed by atoms with E-state index in [1.807, 2.05) is 36.4 Å². The maximum Gasteiger partial charge on any atom is 0.420 e. The molecule has 0 aliphatic heterocycles. The third-order valence-corrected chi connectivity index (χ3v) is 4.01. The van der Waals surface area contributed by atoms with Crippen molar-refractivity contribution >= 4 is 16.8 Å². The van der Waals surface area contributed by atoms with Gasteiger partial charge in [-0.25, -0.2) is 4.79 Å². The van der Waals surface area contributed by atoms with Crippen molar-refractivity contribution in [3.63, 3.8) is 0 Å². The molecule has 0 radical (unpaired) electrons. The number of nitrogens with zero attached hydrogens (tertiary/aromatic N) is 2. The molecular weight excluding hydrogens is 276 g/mol. The third-order valence-electron chi connectivity index (χ3n) is 4.01. The highest BCUT2D eigenvalue weighted by atomic mass is 16.4. The number of aromatic nitrogens is 1. The average molecular weight is 296 g/mol. The summed E-state index contributed by atoms with van der Waals surface area (Å²) in [5, 5.41) is 0. The van der Waals surface area contributed by atoms with E-state index >= 15 is 0 Å². The van der Waals surface area contributed by atoms with Crippen molar-refractivity contribution in [3.05, 3.63) is 64.6 Å². The second-order valence-corrected chi connectivity index (χ2v) is 5.35. The zero-order chi connectivity index (χ0) is 15.5. The topological polar surface area (TPSA) is 38.4 Å². The standard InChI is InChI=1S/C18H20N2O2/c1-3-19(15-9-5-4-8-14(15)2)12-13-20-16-10-6-7-11-17(16)22-18(20)21/h4-11H,3,12-13H2,1-2H3. The molecule has 4 heteroatoms. The van der Waals surface area contributed by atoms with Crippen LogP contribution in [0, 0.1) is 6.92 Å². The lowest BCUT2D eigenvalue weighted by Gasteiger charge is -2.24. The molecule has 3 aromatic rings. The molecule has 1 aromatic heterocycles. The Kier molecular flexibility index (Phi) is 4.00. The summed E-state index contributed by atoms with van der Waals surface area (Å²) in [5.41, 5.74) is 3.96.